The van der Waals surface area contributed by atoms with Gasteiger partial charge in [0.25, 0.3) is 5.91 Å². The van der Waals surface area contributed by atoms with Gasteiger partial charge in [-0.3, -0.25) is 9.69 Å². The molecule has 29 heavy (non-hydrogen) atoms. The van der Waals surface area contributed by atoms with Crippen LogP contribution in [-0.4, -0.2) is 23.4 Å². The molecule has 0 aliphatic carbocycles. The van der Waals surface area contributed by atoms with Crippen molar-refractivity contribution in [3.8, 4) is 5.75 Å². The smallest absolute Gasteiger partial charge is 0.329 e. The van der Waals surface area contributed by atoms with E-state index in [1.807, 2.05) is 43.3 Å². The first-order valence-corrected chi connectivity index (χ1v) is 9.30. The van der Waals surface area contributed by atoms with E-state index in [0.29, 0.717) is 17.9 Å². The number of halogens is 1. The molecule has 0 unspecified atom stereocenters. The maximum Gasteiger partial charge on any atom is 0.329 e. The minimum Gasteiger partial charge on any atom is -0.493 e. The van der Waals surface area contributed by atoms with Crippen LogP contribution >= 0.6 is 0 Å². The number of benzene rings is 3. The molecule has 146 valence electrons. The Labute approximate surface area is 167 Å². The van der Waals surface area contributed by atoms with Crippen molar-refractivity contribution in [2.45, 2.75) is 13.5 Å². The lowest BCUT2D eigenvalue weighted by Gasteiger charge is -2.12. The van der Waals surface area contributed by atoms with Crippen molar-refractivity contribution < 1.29 is 18.7 Å². The number of hydrogen-bond donors (Lipinski definition) is 1. The van der Waals surface area contributed by atoms with Crippen LogP contribution in [0.3, 0.4) is 0 Å². The molecule has 0 atom stereocenters. The summed E-state index contributed by atoms with van der Waals surface area (Å²) in [5.41, 5.74) is 1.57. The number of imide groups is 1. The highest BCUT2D eigenvalue weighted by molar-refractivity contribution is 6.14. The van der Waals surface area contributed by atoms with Crippen molar-refractivity contribution in [1.82, 2.24) is 10.2 Å². The van der Waals surface area contributed by atoms with Crippen LogP contribution in [0, 0.1) is 5.82 Å². The Morgan fingerprint density at radius 2 is 1.79 bits per heavy atom. The van der Waals surface area contributed by atoms with E-state index in [-0.39, 0.29) is 18.1 Å². The van der Waals surface area contributed by atoms with E-state index in [1.165, 1.54) is 12.1 Å². The molecule has 3 amide bonds. The number of urea groups is 1. The number of hydrogen-bond acceptors (Lipinski definition) is 3. The van der Waals surface area contributed by atoms with E-state index < -0.39 is 11.9 Å². The normalized spacial score (nSPS) is 15.2. The topological polar surface area (TPSA) is 58.6 Å². The van der Waals surface area contributed by atoms with E-state index in [1.54, 1.807) is 18.2 Å². The van der Waals surface area contributed by atoms with Gasteiger partial charge in [0.1, 0.15) is 17.3 Å². The van der Waals surface area contributed by atoms with E-state index in [0.717, 1.165) is 21.2 Å². The molecule has 1 aliphatic heterocycles. The zero-order chi connectivity index (χ0) is 20.4. The van der Waals surface area contributed by atoms with Gasteiger partial charge >= 0.3 is 6.03 Å². The molecule has 0 aromatic heterocycles. The minimum atomic E-state index is -0.510. The van der Waals surface area contributed by atoms with Gasteiger partial charge < -0.3 is 10.1 Å². The molecule has 0 saturated carbocycles. The highest BCUT2D eigenvalue weighted by Crippen LogP contribution is 2.31. The van der Waals surface area contributed by atoms with Crippen molar-refractivity contribution in [2.75, 3.05) is 6.61 Å². The summed E-state index contributed by atoms with van der Waals surface area (Å²) in [5.74, 6) is -0.168. The molecule has 1 fully saturated rings. The number of nitrogens with zero attached hydrogens (tertiary/aromatic N) is 1. The predicted molar refractivity (Wildman–Crippen MR) is 109 cm³/mol. The number of carbonyl (C=O) groups is 2. The Morgan fingerprint density at radius 3 is 2.55 bits per heavy atom. The van der Waals surface area contributed by atoms with Gasteiger partial charge in [-0.2, -0.15) is 0 Å². The SMILES string of the molecule is CCOc1ccc2ccccc2c1/C=C1/NC(=O)N(Cc2ccc(F)cc2)C1=O. The fourth-order valence-corrected chi connectivity index (χ4v) is 3.34. The van der Waals surface area contributed by atoms with Crippen molar-refractivity contribution in [3.05, 3.63) is 83.3 Å². The van der Waals surface area contributed by atoms with Crippen LogP contribution < -0.4 is 10.1 Å². The highest BCUT2D eigenvalue weighted by Gasteiger charge is 2.33. The zero-order valence-corrected chi connectivity index (χ0v) is 15.8. The third-order valence-corrected chi connectivity index (χ3v) is 4.74. The number of ether oxygens (including phenoxy) is 1. The molecule has 6 heteroatoms. The van der Waals surface area contributed by atoms with Crippen LogP contribution in [0.25, 0.3) is 16.8 Å². The van der Waals surface area contributed by atoms with Gasteiger partial charge in [-0.05, 0) is 47.5 Å². The van der Waals surface area contributed by atoms with Crippen LogP contribution in [-0.2, 0) is 11.3 Å². The fourth-order valence-electron chi connectivity index (χ4n) is 3.34. The third-order valence-electron chi connectivity index (χ3n) is 4.74. The van der Waals surface area contributed by atoms with Gasteiger partial charge in [-0.25, -0.2) is 9.18 Å². The molecule has 1 saturated heterocycles. The summed E-state index contributed by atoms with van der Waals surface area (Å²) in [5, 5.41) is 4.56. The fraction of sp³-hybridized carbons (Fsp3) is 0.130. The molecular weight excluding hydrogens is 371 g/mol. The van der Waals surface area contributed by atoms with Crippen LogP contribution in [0.2, 0.25) is 0 Å². The second-order valence-corrected chi connectivity index (χ2v) is 6.64. The zero-order valence-electron chi connectivity index (χ0n) is 15.8. The van der Waals surface area contributed by atoms with Gasteiger partial charge in [0.2, 0.25) is 0 Å². The first-order valence-electron chi connectivity index (χ1n) is 9.30. The van der Waals surface area contributed by atoms with Crippen LogP contribution in [0.1, 0.15) is 18.1 Å². The lowest BCUT2D eigenvalue weighted by Crippen LogP contribution is -2.30. The Balaban J connectivity index is 1.70. The van der Waals surface area contributed by atoms with Gasteiger partial charge in [0.05, 0.1) is 13.2 Å². The summed E-state index contributed by atoms with van der Waals surface area (Å²) < 4.78 is 18.8. The summed E-state index contributed by atoms with van der Waals surface area (Å²) in [6, 6.07) is 16.8. The average Bonchev–Trinajstić information content (AvgIpc) is 2.99. The number of carbonyl (C=O) groups excluding carboxylic acids is 2. The molecular formula is C23H19FN2O3. The molecule has 3 aromatic rings. The summed E-state index contributed by atoms with van der Waals surface area (Å²) in [7, 11) is 0. The number of nitrogens with one attached hydrogen (secondary N) is 1. The van der Waals surface area contributed by atoms with Crippen LogP contribution in [0.5, 0.6) is 5.75 Å². The van der Waals surface area contributed by atoms with Gasteiger partial charge in [-0.1, -0.05) is 42.5 Å². The van der Waals surface area contributed by atoms with E-state index in [9.17, 15) is 14.0 Å². The molecule has 0 spiro atoms. The average molecular weight is 390 g/mol. The second-order valence-electron chi connectivity index (χ2n) is 6.64. The number of amides is 3. The molecule has 0 radical (unpaired) electrons. The Bertz CT molecular complexity index is 1120. The number of rotatable bonds is 5. The van der Waals surface area contributed by atoms with Gasteiger partial charge in [0.15, 0.2) is 0 Å². The van der Waals surface area contributed by atoms with Gasteiger partial charge in [-0.15, -0.1) is 0 Å². The molecule has 1 aliphatic rings. The van der Waals surface area contributed by atoms with E-state index in [2.05, 4.69) is 5.32 Å². The van der Waals surface area contributed by atoms with E-state index >= 15 is 0 Å². The van der Waals surface area contributed by atoms with Gasteiger partial charge in [0, 0.05) is 5.56 Å². The summed E-state index contributed by atoms with van der Waals surface area (Å²) in [6.07, 6.45) is 1.65. The predicted octanol–water partition coefficient (Wildman–Crippen LogP) is 4.47. The summed E-state index contributed by atoms with van der Waals surface area (Å²) in [6.45, 7) is 2.43. The third kappa shape index (κ3) is 3.69. The van der Waals surface area contributed by atoms with Crippen molar-refractivity contribution in [2.24, 2.45) is 0 Å². The molecule has 1 heterocycles. The Kier molecular flexibility index (Phi) is 4.99. The van der Waals surface area contributed by atoms with Crippen LogP contribution in [0.4, 0.5) is 9.18 Å². The largest absolute Gasteiger partial charge is 0.493 e. The molecule has 0 bridgehead atoms. The second kappa shape index (κ2) is 7.75. The minimum absolute atomic E-state index is 0.0656. The Morgan fingerprint density at radius 1 is 1.03 bits per heavy atom. The lowest BCUT2D eigenvalue weighted by molar-refractivity contribution is -0.123. The monoisotopic (exact) mass is 390 g/mol. The van der Waals surface area contributed by atoms with Crippen molar-refractivity contribution in [1.29, 1.82) is 0 Å². The summed E-state index contributed by atoms with van der Waals surface area (Å²) >= 11 is 0. The standard InChI is InChI=1S/C23H19FN2O3/c1-2-29-21-12-9-16-5-3-4-6-18(16)19(21)13-20-22(27)26(23(28)25-20)14-15-7-10-17(24)11-8-15/h3-13H,2,14H2,1H3,(H,25,28)/b20-13+. The maximum atomic E-state index is 13.1. The molecule has 5 nitrogen and oxygen atoms in total. The lowest BCUT2D eigenvalue weighted by atomic mass is 10.0. The highest BCUT2D eigenvalue weighted by atomic mass is 19.1. The molecule has 4 rings (SSSR count). The molecule has 1 N–H and O–H groups in total. The molecule has 3 aromatic carbocycles. The quantitative estimate of drug-likeness (QED) is 0.517. The first kappa shape index (κ1) is 18.7. The van der Waals surface area contributed by atoms with Crippen molar-refractivity contribution >= 4 is 28.8 Å². The van der Waals surface area contributed by atoms with E-state index in [4.69, 9.17) is 4.74 Å². The summed E-state index contributed by atoms with van der Waals surface area (Å²) in [4.78, 5) is 26.3. The van der Waals surface area contributed by atoms with Crippen molar-refractivity contribution in [3.63, 3.8) is 0 Å². The maximum absolute atomic E-state index is 13.1. The first-order chi connectivity index (χ1) is 14.1. The number of fused-ring (bicyclic) bond motifs is 1. The Hall–Kier alpha value is -3.67. The van der Waals surface area contributed by atoms with Crippen LogP contribution in [0.15, 0.2) is 66.4 Å².